The van der Waals surface area contributed by atoms with Gasteiger partial charge in [0.25, 0.3) is 0 Å². The van der Waals surface area contributed by atoms with Crippen LogP contribution in [0.5, 0.6) is 11.6 Å². The van der Waals surface area contributed by atoms with Gasteiger partial charge >= 0.3 is 0 Å². The van der Waals surface area contributed by atoms with E-state index in [1.807, 2.05) is 6.92 Å². The van der Waals surface area contributed by atoms with Crippen LogP contribution in [0.2, 0.25) is 0 Å². The first-order valence-corrected chi connectivity index (χ1v) is 9.93. The molecule has 5 nitrogen and oxygen atoms in total. The van der Waals surface area contributed by atoms with E-state index in [0.717, 1.165) is 59.9 Å². The summed E-state index contributed by atoms with van der Waals surface area (Å²) in [6.07, 6.45) is 3.30. The number of hydrogen-bond donors (Lipinski definition) is 2. The zero-order valence-electron chi connectivity index (χ0n) is 18.6. The molecule has 2 rings (SSSR count). The molecule has 1 heterocycles. The number of aryl methyl sites for hydroxylation is 4. The van der Waals surface area contributed by atoms with Crippen molar-refractivity contribution in [3.63, 3.8) is 0 Å². The molecule has 2 aromatic rings. The van der Waals surface area contributed by atoms with Crippen molar-refractivity contribution in [2.24, 2.45) is 11.7 Å². The number of nitrogens with zero attached hydrogens (tertiary/aromatic N) is 1. The second kappa shape index (κ2) is 11.8. The van der Waals surface area contributed by atoms with Gasteiger partial charge in [0.05, 0.1) is 0 Å². The van der Waals surface area contributed by atoms with Gasteiger partial charge in [-0.2, -0.15) is 0 Å². The van der Waals surface area contributed by atoms with E-state index < -0.39 is 0 Å². The molecule has 1 unspecified atom stereocenters. The second-order valence-corrected chi connectivity index (χ2v) is 7.35. The van der Waals surface area contributed by atoms with Gasteiger partial charge in [-0.3, -0.25) is 11.7 Å². The van der Waals surface area contributed by atoms with Crippen LogP contribution >= 0.6 is 0 Å². The zero-order valence-corrected chi connectivity index (χ0v) is 18.6. The van der Waals surface area contributed by atoms with Gasteiger partial charge in [0, 0.05) is 25.0 Å². The molecule has 1 atom stereocenters. The number of pyridine rings is 1. The fraction of sp³-hybridized carbons (Fsp3) is 0.522. The van der Waals surface area contributed by atoms with Gasteiger partial charge in [-0.1, -0.05) is 24.6 Å². The number of aromatic nitrogens is 1. The standard InChI is InChI=1S/C23H33NO2.H4N2/c1-8-20(10-9-11-25-7)21-14-18(5)24-23(19(21)6)26-22-16(3)12-15(2)13-17(22)4;1-2/h12-14,20H,8-11H2,1-7H3;1-2H2. The lowest BCUT2D eigenvalue weighted by atomic mass is 9.89. The zero-order chi connectivity index (χ0) is 21.3. The van der Waals surface area contributed by atoms with Crippen LogP contribution in [0.15, 0.2) is 18.2 Å². The quantitative estimate of drug-likeness (QED) is 0.371. The lowest BCUT2D eigenvalue weighted by Crippen LogP contribution is -2.06. The summed E-state index contributed by atoms with van der Waals surface area (Å²) in [5.74, 6) is 10.2. The molecule has 4 N–H and O–H groups in total. The average Bonchev–Trinajstić information content (AvgIpc) is 2.66. The van der Waals surface area contributed by atoms with Crippen LogP contribution in [-0.2, 0) is 4.74 Å². The summed E-state index contributed by atoms with van der Waals surface area (Å²) in [7, 11) is 1.76. The number of hydrogen-bond acceptors (Lipinski definition) is 5. The van der Waals surface area contributed by atoms with Crippen LogP contribution in [0.1, 0.15) is 65.6 Å². The van der Waals surface area contributed by atoms with Gasteiger partial charge in [0.2, 0.25) is 5.88 Å². The van der Waals surface area contributed by atoms with Crippen LogP contribution in [-0.4, -0.2) is 18.7 Å². The highest BCUT2D eigenvalue weighted by Crippen LogP contribution is 2.35. The Kier molecular flexibility index (Phi) is 10.1. The highest BCUT2D eigenvalue weighted by atomic mass is 16.5. The van der Waals surface area contributed by atoms with Crippen molar-refractivity contribution in [3.8, 4) is 11.6 Å². The third-order valence-corrected chi connectivity index (χ3v) is 5.03. The number of nitrogens with two attached hydrogens (primary N) is 2. The first-order valence-electron chi connectivity index (χ1n) is 9.93. The first kappa shape index (κ1) is 24.1. The number of methoxy groups -OCH3 is 1. The Morgan fingerprint density at radius 2 is 1.61 bits per heavy atom. The van der Waals surface area contributed by atoms with E-state index in [4.69, 9.17) is 14.5 Å². The van der Waals surface area contributed by atoms with Crippen molar-refractivity contribution in [1.82, 2.24) is 4.98 Å². The van der Waals surface area contributed by atoms with E-state index >= 15 is 0 Å². The fourth-order valence-corrected chi connectivity index (χ4v) is 3.73. The monoisotopic (exact) mass is 387 g/mol. The van der Waals surface area contributed by atoms with Gasteiger partial charge in [-0.15, -0.1) is 0 Å². The third-order valence-electron chi connectivity index (χ3n) is 5.03. The van der Waals surface area contributed by atoms with Crippen LogP contribution < -0.4 is 16.4 Å². The highest BCUT2D eigenvalue weighted by Gasteiger charge is 2.18. The third kappa shape index (κ3) is 6.30. The van der Waals surface area contributed by atoms with E-state index in [2.05, 4.69) is 64.5 Å². The molecule has 0 saturated heterocycles. The molecule has 0 aliphatic rings. The molecule has 0 bridgehead atoms. The predicted molar refractivity (Wildman–Crippen MR) is 117 cm³/mol. The molecular formula is C23H37N3O2. The Bertz CT molecular complexity index is 737. The molecule has 1 aromatic heterocycles. The van der Waals surface area contributed by atoms with Crippen molar-refractivity contribution in [2.75, 3.05) is 13.7 Å². The molecule has 0 fully saturated rings. The normalized spacial score (nSPS) is 11.6. The van der Waals surface area contributed by atoms with E-state index in [0.29, 0.717) is 5.92 Å². The average molecular weight is 388 g/mol. The number of ether oxygens (including phenoxy) is 2. The fourth-order valence-electron chi connectivity index (χ4n) is 3.73. The summed E-state index contributed by atoms with van der Waals surface area (Å²) in [6.45, 7) is 13.6. The Balaban J connectivity index is 0.00000190. The maximum absolute atomic E-state index is 6.33. The largest absolute Gasteiger partial charge is 0.438 e. The minimum absolute atomic E-state index is 0.509. The summed E-state index contributed by atoms with van der Waals surface area (Å²) in [5.41, 5.74) is 7.07. The van der Waals surface area contributed by atoms with Gasteiger partial charge in [0.1, 0.15) is 5.75 Å². The number of hydrazine groups is 1. The Hall–Kier alpha value is -1.95. The molecule has 156 valence electrons. The lowest BCUT2D eigenvalue weighted by molar-refractivity contribution is 0.190. The molecule has 0 aliphatic carbocycles. The summed E-state index contributed by atoms with van der Waals surface area (Å²) in [6, 6.07) is 6.54. The van der Waals surface area contributed by atoms with Gasteiger partial charge in [0.15, 0.2) is 0 Å². The molecular weight excluding hydrogens is 350 g/mol. The molecule has 5 heteroatoms. The Morgan fingerprint density at radius 3 is 2.14 bits per heavy atom. The van der Waals surface area contributed by atoms with Gasteiger partial charge in [-0.05, 0) is 82.6 Å². The molecule has 28 heavy (non-hydrogen) atoms. The van der Waals surface area contributed by atoms with Gasteiger partial charge in [-0.25, -0.2) is 4.98 Å². The number of benzene rings is 1. The maximum Gasteiger partial charge on any atom is 0.222 e. The first-order chi connectivity index (χ1) is 13.4. The van der Waals surface area contributed by atoms with E-state index in [9.17, 15) is 0 Å². The highest BCUT2D eigenvalue weighted by molar-refractivity contribution is 5.47. The van der Waals surface area contributed by atoms with Crippen molar-refractivity contribution in [1.29, 1.82) is 0 Å². The molecule has 0 spiro atoms. The van der Waals surface area contributed by atoms with Crippen molar-refractivity contribution >= 4 is 0 Å². The molecule has 1 aromatic carbocycles. The van der Waals surface area contributed by atoms with Crippen molar-refractivity contribution in [3.05, 3.63) is 51.7 Å². The van der Waals surface area contributed by atoms with Crippen molar-refractivity contribution in [2.45, 2.75) is 66.7 Å². The molecule has 0 amide bonds. The Morgan fingerprint density at radius 1 is 1.00 bits per heavy atom. The van der Waals surface area contributed by atoms with Gasteiger partial charge < -0.3 is 9.47 Å². The minimum Gasteiger partial charge on any atom is -0.438 e. The maximum atomic E-state index is 6.33. The lowest BCUT2D eigenvalue weighted by Gasteiger charge is -2.21. The topological polar surface area (TPSA) is 83.4 Å². The molecule has 0 radical (unpaired) electrons. The summed E-state index contributed by atoms with van der Waals surface area (Å²) < 4.78 is 11.6. The summed E-state index contributed by atoms with van der Waals surface area (Å²) >= 11 is 0. The second-order valence-electron chi connectivity index (χ2n) is 7.35. The van der Waals surface area contributed by atoms with Crippen molar-refractivity contribution < 1.29 is 9.47 Å². The van der Waals surface area contributed by atoms with E-state index in [1.165, 1.54) is 11.1 Å². The minimum atomic E-state index is 0.509. The van der Waals surface area contributed by atoms with Crippen LogP contribution in [0.25, 0.3) is 0 Å². The van der Waals surface area contributed by atoms with E-state index in [-0.39, 0.29) is 0 Å². The van der Waals surface area contributed by atoms with Crippen LogP contribution in [0, 0.1) is 34.6 Å². The predicted octanol–water partition coefficient (Wildman–Crippen LogP) is 5.16. The smallest absolute Gasteiger partial charge is 0.222 e. The number of rotatable bonds is 8. The van der Waals surface area contributed by atoms with E-state index in [1.54, 1.807) is 7.11 Å². The SMILES string of the molecule is CCC(CCCOC)c1cc(C)nc(Oc2c(C)cc(C)cc2C)c1C.NN. The van der Waals surface area contributed by atoms with Crippen LogP contribution in [0.4, 0.5) is 0 Å². The summed E-state index contributed by atoms with van der Waals surface area (Å²) in [4.78, 5) is 4.70. The molecule has 0 saturated carbocycles. The van der Waals surface area contributed by atoms with Crippen LogP contribution in [0.3, 0.4) is 0 Å². The summed E-state index contributed by atoms with van der Waals surface area (Å²) in [5, 5.41) is 0. The molecule has 0 aliphatic heterocycles. The Labute approximate surface area is 170 Å².